The molecule has 0 saturated heterocycles. The van der Waals surface area contributed by atoms with Gasteiger partial charge in [0.25, 0.3) is 0 Å². The van der Waals surface area contributed by atoms with Gasteiger partial charge in [-0.3, -0.25) is 0 Å². The fraction of sp³-hybridized carbons (Fsp3) is 1.00. The second-order valence-electron chi connectivity index (χ2n) is 4.61. The van der Waals surface area contributed by atoms with E-state index in [1.165, 1.54) is 38.9 Å². The first-order valence-electron chi connectivity index (χ1n) is 6.22. The molecular weight excluding hydrogens is 172 g/mol. The molecule has 1 fully saturated rings. The van der Waals surface area contributed by atoms with Gasteiger partial charge in [0.05, 0.1) is 0 Å². The highest BCUT2D eigenvalue weighted by molar-refractivity contribution is 4.75. The number of rotatable bonds is 7. The van der Waals surface area contributed by atoms with Gasteiger partial charge in [0.15, 0.2) is 0 Å². The minimum Gasteiger partial charge on any atom is -0.313 e. The Labute approximate surface area is 89.1 Å². The van der Waals surface area contributed by atoms with Crippen LogP contribution in [0.25, 0.3) is 0 Å². The molecule has 0 heterocycles. The topological polar surface area (TPSA) is 15.3 Å². The van der Waals surface area contributed by atoms with Crippen molar-refractivity contribution in [3.8, 4) is 0 Å². The molecule has 0 aliphatic heterocycles. The van der Waals surface area contributed by atoms with Crippen LogP contribution >= 0.6 is 0 Å². The molecule has 0 aromatic heterocycles. The molecule has 1 aliphatic carbocycles. The molecule has 1 rings (SSSR count). The van der Waals surface area contributed by atoms with E-state index in [4.69, 9.17) is 0 Å². The molecule has 1 unspecified atom stereocenters. The van der Waals surface area contributed by atoms with Crippen molar-refractivity contribution in [2.24, 2.45) is 5.92 Å². The number of hydrogen-bond acceptors (Lipinski definition) is 2. The van der Waals surface area contributed by atoms with Crippen LogP contribution in [0.3, 0.4) is 0 Å². The lowest BCUT2D eigenvalue weighted by Crippen LogP contribution is -2.42. The van der Waals surface area contributed by atoms with Gasteiger partial charge in [-0.1, -0.05) is 20.3 Å². The van der Waals surface area contributed by atoms with Gasteiger partial charge >= 0.3 is 0 Å². The fourth-order valence-electron chi connectivity index (χ4n) is 2.17. The van der Waals surface area contributed by atoms with Gasteiger partial charge in [-0.05, 0) is 38.8 Å². The third kappa shape index (κ3) is 3.97. The molecular formula is C12H26N2. The van der Waals surface area contributed by atoms with E-state index < -0.39 is 0 Å². The maximum atomic E-state index is 3.48. The molecule has 84 valence electrons. The zero-order chi connectivity index (χ0) is 10.4. The highest BCUT2D eigenvalue weighted by Gasteiger charge is 2.20. The van der Waals surface area contributed by atoms with E-state index in [9.17, 15) is 0 Å². The van der Waals surface area contributed by atoms with Crippen LogP contribution < -0.4 is 5.32 Å². The largest absolute Gasteiger partial charge is 0.313 e. The van der Waals surface area contributed by atoms with Crippen LogP contribution in [-0.2, 0) is 0 Å². The first kappa shape index (κ1) is 12.0. The molecule has 2 nitrogen and oxygen atoms in total. The first-order chi connectivity index (χ1) is 6.76. The third-order valence-electron chi connectivity index (χ3n) is 3.27. The molecule has 1 aliphatic rings. The SMILES string of the molecule is CCNC(C)CN(CC)CC1CCC1. The number of likely N-dealkylation sites (N-methyl/N-ethyl adjacent to an activating group) is 2. The predicted octanol–water partition coefficient (Wildman–Crippen LogP) is 2.11. The summed E-state index contributed by atoms with van der Waals surface area (Å²) < 4.78 is 0. The van der Waals surface area contributed by atoms with Crippen LogP contribution in [-0.4, -0.2) is 37.1 Å². The van der Waals surface area contributed by atoms with E-state index in [0.29, 0.717) is 6.04 Å². The highest BCUT2D eigenvalue weighted by Crippen LogP contribution is 2.26. The van der Waals surface area contributed by atoms with Crippen LogP contribution in [0.5, 0.6) is 0 Å². The van der Waals surface area contributed by atoms with Gasteiger partial charge in [-0.2, -0.15) is 0 Å². The Morgan fingerprint density at radius 2 is 2.07 bits per heavy atom. The number of nitrogens with one attached hydrogen (secondary N) is 1. The Hall–Kier alpha value is -0.0800. The fourth-order valence-corrected chi connectivity index (χ4v) is 2.17. The Morgan fingerprint density at radius 3 is 2.50 bits per heavy atom. The lowest BCUT2D eigenvalue weighted by atomic mass is 9.85. The van der Waals surface area contributed by atoms with E-state index in [-0.39, 0.29) is 0 Å². The normalized spacial score (nSPS) is 19.7. The third-order valence-corrected chi connectivity index (χ3v) is 3.27. The minimum absolute atomic E-state index is 0.639. The van der Waals surface area contributed by atoms with Crippen LogP contribution in [0, 0.1) is 5.92 Å². The van der Waals surface area contributed by atoms with Crippen LogP contribution in [0.15, 0.2) is 0 Å². The summed E-state index contributed by atoms with van der Waals surface area (Å²) in [4.78, 5) is 2.59. The van der Waals surface area contributed by atoms with Gasteiger partial charge in [-0.15, -0.1) is 0 Å². The second-order valence-corrected chi connectivity index (χ2v) is 4.61. The summed E-state index contributed by atoms with van der Waals surface area (Å²) in [6.07, 6.45) is 4.39. The van der Waals surface area contributed by atoms with Gasteiger partial charge in [0.1, 0.15) is 0 Å². The average molecular weight is 198 g/mol. The first-order valence-corrected chi connectivity index (χ1v) is 6.22. The van der Waals surface area contributed by atoms with Gasteiger partial charge in [0, 0.05) is 19.1 Å². The predicted molar refractivity (Wildman–Crippen MR) is 62.6 cm³/mol. The molecule has 0 aromatic carbocycles. The molecule has 0 amide bonds. The summed E-state index contributed by atoms with van der Waals surface area (Å²) in [6.45, 7) is 11.6. The van der Waals surface area contributed by atoms with Crippen LogP contribution in [0.1, 0.15) is 40.0 Å². The monoisotopic (exact) mass is 198 g/mol. The van der Waals surface area contributed by atoms with Crippen molar-refractivity contribution in [2.45, 2.75) is 46.1 Å². The molecule has 0 spiro atoms. The van der Waals surface area contributed by atoms with Crippen molar-refractivity contribution >= 4 is 0 Å². The Kier molecular flexibility index (Phi) is 5.49. The summed E-state index contributed by atoms with van der Waals surface area (Å²) in [6, 6.07) is 0.639. The molecule has 1 N–H and O–H groups in total. The van der Waals surface area contributed by atoms with Crippen LogP contribution in [0.4, 0.5) is 0 Å². The molecule has 0 bridgehead atoms. The van der Waals surface area contributed by atoms with Crippen molar-refractivity contribution in [3.63, 3.8) is 0 Å². The van der Waals surface area contributed by atoms with E-state index in [0.717, 1.165) is 12.5 Å². The quantitative estimate of drug-likeness (QED) is 0.674. The van der Waals surface area contributed by atoms with Crippen LogP contribution in [0.2, 0.25) is 0 Å². The van der Waals surface area contributed by atoms with E-state index >= 15 is 0 Å². The summed E-state index contributed by atoms with van der Waals surface area (Å²) in [5, 5.41) is 3.48. The summed E-state index contributed by atoms with van der Waals surface area (Å²) in [7, 11) is 0. The second kappa shape index (κ2) is 6.41. The van der Waals surface area contributed by atoms with Crippen molar-refractivity contribution in [2.75, 3.05) is 26.2 Å². The van der Waals surface area contributed by atoms with E-state index in [1.807, 2.05) is 0 Å². The maximum Gasteiger partial charge on any atom is 0.0166 e. The Morgan fingerprint density at radius 1 is 1.36 bits per heavy atom. The summed E-state index contributed by atoms with van der Waals surface area (Å²) in [5.74, 6) is 1.00. The molecule has 0 radical (unpaired) electrons. The molecule has 1 atom stereocenters. The molecule has 0 aromatic rings. The average Bonchev–Trinajstić information content (AvgIpc) is 2.09. The minimum atomic E-state index is 0.639. The van der Waals surface area contributed by atoms with Crippen molar-refractivity contribution in [1.29, 1.82) is 0 Å². The molecule has 2 heteroatoms. The molecule has 1 saturated carbocycles. The summed E-state index contributed by atoms with van der Waals surface area (Å²) >= 11 is 0. The van der Waals surface area contributed by atoms with Crippen molar-refractivity contribution < 1.29 is 0 Å². The Bertz CT molecular complexity index is 143. The zero-order valence-electron chi connectivity index (χ0n) is 10.1. The number of hydrogen-bond donors (Lipinski definition) is 1. The van der Waals surface area contributed by atoms with Gasteiger partial charge < -0.3 is 10.2 Å². The Balaban J connectivity index is 2.15. The van der Waals surface area contributed by atoms with Gasteiger partial charge in [-0.25, -0.2) is 0 Å². The highest BCUT2D eigenvalue weighted by atomic mass is 15.1. The van der Waals surface area contributed by atoms with E-state index in [2.05, 4.69) is 31.0 Å². The smallest absolute Gasteiger partial charge is 0.0166 e. The lowest BCUT2D eigenvalue weighted by Gasteiger charge is -2.33. The summed E-state index contributed by atoms with van der Waals surface area (Å²) in [5.41, 5.74) is 0. The zero-order valence-corrected chi connectivity index (χ0v) is 10.1. The standard InChI is InChI=1S/C12H26N2/c1-4-13-11(3)9-14(5-2)10-12-7-6-8-12/h11-13H,4-10H2,1-3H3. The lowest BCUT2D eigenvalue weighted by molar-refractivity contribution is 0.173. The van der Waals surface area contributed by atoms with Crippen molar-refractivity contribution in [1.82, 2.24) is 10.2 Å². The maximum absolute atomic E-state index is 3.48. The van der Waals surface area contributed by atoms with Crippen molar-refractivity contribution in [3.05, 3.63) is 0 Å². The number of nitrogens with zero attached hydrogens (tertiary/aromatic N) is 1. The van der Waals surface area contributed by atoms with Gasteiger partial charge in [0.2, 0.25) is 0 Å². The van der Waals surface area contributed by atoms with E-state index in [1.54, 1.807) is 0 Å². The molecule has 14 heavy (non-hydrogen) atoms.